The first-order valence-corrected chi connectivity index (χ1v) is 22.4. The Morgan fingerprint density at radius 2 is 0.923 bits per heavy atom. The van der Waals surface area contributed by atoms with Crippen LogP contribution in [0, 0.1) is 0 Å². The third-order valence-electron chi connectivity index (χ3n) is 13.5. The van der Waals surface area contributed by atoms with Crippen LogP contribution in [0.25, 0.3) is 127 Å². The Hall–Kier alpha value is -8.40. The van der Waals surface area contributed by atoms with E-state index in [1.807, 2.05) is 36.9 Å². The van der Waals surface area contributed by atoms with Crippen LogP contribution in [0.3, 0.4) is 0 Å². The number of hydrogen-bond acceptors (Lipinski definition) is 3. The summed E-state index contributed by atoms with van der Waals surface area (Å²) in [7, 11) is 0. The minimum atomic E-state index is 0.887. The lowest BCUT2D eigenvalue weighted by Gasteiger charge is -2.24. The number of allylic oxidation sites excluding steroid dienone is 1. The summed E-state index contributed by atoms with van der Waals surface area (Å²) in [6.07, 6.45) is 14.2. The molecule has 1 aliphatic rings. The zero-order chi connectivity index (χ0) is 42.8. The van der Waals surface area contributed by atoms with Gasteiger partial charge in [0.05, 0.1) is 0 Å². The van der Waals surface area contributed by atoms with Gasteiger partial charge in [0, 0.05) is 57.8 Å². The summed E-state index contributed by atoms with van der Waals surface area (Å²) in [5.41, 5.74) is 18.5. The van der Waals surface area contributed by atoms with Crippen molar-refractivity contribution in [2.45, 2.75) is 12.8 Å². The number of fused-ring (bicyclic) bond motifs is 7. The molecule has 0 saturated heterocycles. The highest BCUT2D eigenvalue weighted by molar-refractivity contribution is 6.24. The van der Waals surface area contributed by atoms with Gasteiger partial charge in [0.25, 0.3) is 0 Å². The minimum absolute atomic E-state index is 0.887. The first kappa shape index (κ1) is 37.2. The highest BCUT2D eigenvalue weighted by Gasteiger charge is 2.25. The van der Waals surface area contributed by atoms with Crippen LogP contribution < -0.4 is 0 Å². The summed E-state index contributed by atoms with van der Waals surface area (Å²) in [6.45, 7) is 0. The number of benzene rings is 9. The van der Waals surface area contributed by atoms with E-state index in [4.69, 9.17) is 4.42 Å². The van der Waals surface area contributed by atoms with Crippen molar-refractivity contribution < 1.29 is 4.42 Å². The molecule has 3 nitrogen and oxygen atoms in total. The third-order valence-corrected chi connectivity index (χ3v) is 13.5. The van der Waals surface area contributed by atoms with Gasteiger partial charge < -0.3 is 4.42 Å². The number of furan rings is 1. The Labute approximate surface area is 376 Å². The lowest BCUT2D eigenvalue weighted by molar-refractivity contribution is 0.670. The first-order valence-electron chi connectivity index (χ1n) is 22.4. The van der Waals surface area contributed by atoms with E-state index in [-0.39, 0.29) is 0 Å². The van der Waals surface area contributed by atoms with E-state index in [0.717, 1.165) is 68.2 Å². The monoisotopic (exact) mass is 828 g/mol. The van der Waals surface area contributed by atoms with Gasteiger partial charge in [0.1, 0.15) is 11.2 Å². The largest absolute Gasteiger partial charge is 0.455 e. The van der Waals surface area contributed by atoms with Crippen LogP contribution in [-0.4, -0.2) is 9.97 Å². The molecule has 1 aliphatic carbocycles. The Balaban J connectivity index is 1.02. The number of nitrogens with zero attached hydrogens (tertiary/aromatic N) is 2. The lowest BCUT2D eigenvalue weighted by atomic mass is 9.79. The van der Waals surface area contributed by atoms with E-state index in [1.165, 1.54) is 76.8 Å². The van der Waals surface area contributed by atoms with Crippen LogP contribution in [0.2, 0.25) is 0 Å². The molecule has 65 heavy (non-hydrogen) atoms. The summed E-state index contributed by atoms with van der Waals surface area (Å²) >= 11 is 0. The molecule has 9 aromatic carbocycles. The molecule has 3 heterocycles. The fourth-order valence-corrected chi connectivity index (χ4v) is 10.7. The van der Waals surface area contributed by atoms with Gasteiger partial charge in [-0.05, 0) is 143 Å². The predicted octanol–water partition coefficient (Wildman–Crippen LogP) is 16.8. The van der Waals surface area contributed by atoms with E-state index in [2.05, 4.69) is 192 Å². The maximum Gasteiger partial charge on any atom is 0.143 e. The maximum atomic E-state index is 7.15. The fraction of sp³-hybridized carbons (Fsp3) is 0.0323. The van der Waals surface area contributed by atoms with Crippen molar-refractivity contribution in [3.05, 3.63) is 224 Å². The molecule has 0 aliphatic heterocycles. The van der Waals surface area contributed by atoms with Crippen molar-refractivity contribution in [3.63, 3.8) is 0 Å². The summed E-state index contributed by atoms with van der Waals surface area (Å²) in [5, 5.41) is 9.57. The maximum absolute atomic E-state index is 7.15. The van der Waals surface area contributed by atoms with Crippen molar-refractivity contribution in [2.24, 2.45) is 0 Å². The molecule has 0 fully saturated rings. The molecule has 12 aromatic rings. The smallest absolute Gasteiger partial charge is 0.143 e. The van der Waals surface area contributed by atoms with Crippen LogP contribution >= 0.6 is 0 Å². The SMILES string of the molecule is C1=Cc2c(c(-c3ccc4c(c3)oc3c(-c5c6ccccc6c(-c6ccccc6)c6ccccc56)cccc34)c3ccccc3c2-c2cc(-c3cccnc3)cc(-c3cccnc3)c2)CC1. The molecule has 13 rings (SSSR count). The normalized spacial score (nSPS) is 12.4. The van der Waals surface area contributed by atoms with E-state index in [9.17, 15) is 0 Å². The molecule has 0 saturated carbocycles. The molecular weight excluding hydrogens is 789 g/mol. The Bertz CT molecular complexity index is 3750. The average molecular weight is 829 g/mol. The zero-order valence-corrected chi connectivity index (χ0v) is 35.5. The van der Waals surface area contributed by atoms with Gasteiger partial charge in [0.15, 0.2) is 0 Å². The molecule has 3 heteroatoms. The molecular formula is C62H40N2O. The molecule has 0 unspecified atom stereocenters. The van der Waals surface area contributed by atoms with Crippen LogP contribution in [-0.2, 0) is 6.42 Å². The van der Waals surface area contributed by atoms with Crippen molar-refractivity contribution in [1.29, 1.82) is 0 Å². The number of aromatic nitrogens is 2. The van der Waals surface area contributed by atoms with Crippen LogP contribution in [0.5, 0.6) is 0 Å². The van der Waals surface area contributed by atoms with Crippen molar-refractivity contribution >= 4 is 60.3 Å². The molecule has 0 amide bonds. The summed E-state index contributed by atoms with van der Waals surface area (Å²) in [6, 6.07) is 66.1. The summed E-state index contributed by atoms with van der Waals surface area (Å²) in [5.74, 6) is 0. The second kappa shape index (κ2) is 15.1. The van der Waals surface area contributed by atoms with Gasteiger partial charge in [-0.1, -0.05) is 152 Å². The van der Waals surface area contributed by atoms with Crippen LogP contribution in [0.4, 0.5) is 0 Å². The molecule has 3 aromatic heterocycles. The summed E-state index contributed by atoms with van der Waals surface area (Å²) in [4.78, 5) is 8.99. The average Bonchev–Trinajstić information content (AvgIpc) is 3.76. The summed E-state index contributed by atoms with van der Waals surface area (Å²) < 4.78 is 7.15. The number of rotatable bonds is 6. The predicted molar refractivity (Wildman–Crippen MR) is 272 cm³/mol. The highest BCUT2D eigenvalue weighted by atomic mass is 16.3. The standard InChI is InChI=1S/C62H40N2O/c1-2-15-39(16-3-1)58-51-23-8-10-25-53(51)61(54-26-11-9-24-52(54)58)56-28-12-27-55-46-30-29-40(36-57(46)65-62(55)56)59-47-19-4-6-21-49(47)60(50-22-7-5-20-48(50)59)45-34-43(41-17-13-31-63-37-41)33-44(35-45)42-18-14-32-64-38-42/h1-4,6-19,21-38H,5,20H2. The topological polar surface area (TPSA) is 38.9 Å². The van der Waals surface area contributed by atoms with E-state index < -0.39 is 0 Å². The quantitative estimate of drug-likeness (QED) is 0.157. The molecule has 0 spiro atoms. The molecule has 0 bridgehead atoms. The fourth-order valence-electron chi connectivity index (χ4n) is 10.7. The molecule has 0 N–H and O–H groups in total. The second-order valence-corrected chi connectivity index (χ2v) is 17.1. The van der Waals surface area contributed by atoms with Gasteiger partial charge in [-0.2, -0.15) is 0 Å². The van der Waals surface area contributed by atoms with Crippen molar-refractivity contribution in [2.75, 3.05) is 0 Å². The minimum Gasteiger partial charge on any atom is -0.455 e. The Morgan fingerprint density at radius 1 is 0.369 bits per heavy atom. The molecule has 0 radical (unpaired) electrons. The number of pyridine rings is 2. The van der Waals surface area contributed by atoms with E-state index in [0.29, 0.717) is 0 Å². The zero-order valence-electron chi connectivity index (χ0n) is 35.5. The lowest BCUT2D eigenvalue weighted by Crippen LogP contribution is -2.02. The van der Waals surface area contributed by atoms with Gasteiger partial charge in [-0.25, -0.2) is 0 Å². The van der Waals surface area contributed by atoms with Gasteiger partial charge >= 0.3 is 0 Å². The van der Waals surface area contributed by atoms with E-state index >= 15 is 0 Å². The first-order chi connectivity index (χ1) is 32.3. The van der Waals surface area contributed by atoms with E-state index in [1.54, 1.807) is 0 Å². The number of para-hydroxylation sites is 1. The molecule has 0 atom stereocenters. The molecule has 304 valence electrons. The Morgan fingerprint density at radius 3 is 1.55 bits per heavy atom. The Kier molecular flexibility index (Phi) is 8.67. The van der Waals surface area contributed by atoms with Crippen LogP contribution in [0.15, 0.2) is 217 Å². The van der Waals surface area contributed by atoms with Crippen molar-refractivity contribution in [3.8, 4) is 66.8 Å². The highest BCUT2D eigenvalue weighted by Crippen LogP contribution is 2.49. The van der Waals surface area contributed by atoms with Gasteiger partial charge in [-0.15, -0.1) is 0 Å². The van der Waals surface area contributed by atoms with Crippen molar-refractivity contribution in [1.82, 2.24) is 9.97 Å². The second-order valence-electron chi connectivity index (χ2n) is 17.1. The van der Waals surface area contributed by atoms with Crippen LogP contribution in [0.1, 0.15) is 17.5 Å². The van der Waals surface area contributed by atoms with Gasteiger partial charge in [0.2, 0.25) is 0 Å². The number of hydrogen-bond donors (Lipinski definition) is 0. The van der Waals surface area contributed by atoms with Gasteiger partial charge in [-0.3, -0.25) is 9.97 Å². The third kappa shape index (κ3) is 6.04.